The summed E-state index contributed by atoms with van der Waals surface area (Å²) in [5.41, 5.74) is 1.37. The lowest BCUT2D eigenvalue weighted by molar-refractivity contribution is -0.144. The van der Waals surface area contributed by atoms with Crippen LogP contribution in [0.15, 0.2) is 41.3 Å². The van der Waals surface area contributed by atoms with Crippen molar-refractivity contribution in [1.29, 1.82) is 0 Å². The van der Waals surface area contributed by atoms with Gasteiger partial charge in [0.1, 0.15) is 10.5 Å². The number of rotatable bonds is 8. The van der Waals surface area contributed by atoms with Gasteiger partial charge >= 0.3 is 5.97 Å². The van der Waals surface area contributed by atoms with Gasteiger partial charge in [0, 0.05) is 17.0 Å². The number of amides is 1. The van der Waals surface area contributed by atoms with Crippen molar-refractivity contribution in [2.45, 2.75) is 31.2 Å². The predicted molar refractivity (Wildman–Crippen MR) is 125 cm³/mol. The van der Waals surface area contributed by atoms with Crippen LogP contribution in [0.4, 0.5) is 5.69 Å². The quantitative estimate of drug-likeness (QED) is 0.282. The first-order valence-corrected chi connectivity index (χ1v) is 12.1. The molecule has 2 aromatic carbocycles. The first kappa shape index (κ1) is 22.9. The Bertz CT molecular complexity index is 1050. The molecule has 30 heavy (non-hydrogen) atoms. The number of hydrogen-bond donors (Lipinski definition) is 0. The normalized spacial score (nSPS) is 10.9. The molecule has 0 aliphatic carbocycles. The molecular weight excluding hydrogens is 463 g/mol. The fourth-order valence-electron chi connectivity index (χ4n) is 2.85. The summed E-state index contributed by atoms with van der Waals surface area (Å²) in [6.45, 7) is 2.30. The monoisotopic (exact) mass is 482 g/mol. The van der Waals surface area contributed by atoms with Crippen molar-refractivity contribution in [2.24, 2.45) is 0 Å². The van der Waals surface area contributed by atoms with Crippen molar-refractivity contribution in [3.63, 3.8) is 0 Å². The number of hydrogen-bond acceptors (Lipinski definition) is 6. The first-order chi connectivity index (χ1) is 14.4. The minimum atomic E-state index is -0.384. The van der Waals surface area contributed by atoms with E-state index in [1.165, 1.54) is 11.3 Å². The molecule has 0 bridgehead atoms. The van der Waals surface area contributed by atoms with E-state index in [4.69, 9.17) is 27.9 Å². The van der Waals surface area contributed by atoms with Gasteiger partial charge in [0.25, 0.3) is 0 Å². The standard InChI is InChI=1S/C21H20Cl2N2O3S2/c1-3-28-19(27)11-10-18(26)25(13-4-6-14(29-2)7-5-13)12-17-24-21-16(30-17)9-8-15(22)20(21)23/h4-9H,3,10-12H2,1-2H3. The molecule has 3 aromatic rings. The predicted octanol–water partition coefficient (Wildman–Crippen LogP) is 6.20. The van der Waals surface area contributed by atoms with Gasteiger partial charge in [-0.05, 0) is 49.6 Å². The van der Waals surface area contributed by atoms with E-state index >= 15 is 0 Å². The Morgan fingerprint density at radius 2 is 1.87 bits per heavy atom. The maximum atomic E-state index is 13.0. The molecule has 3 rings (SSSR count). The Balaban J connectivity index is 1.87. The van der Waals surface area contributed by atoms with Gasteiger partial charge in [-0.25, -0.2) is 4.98 Å². The number of thiazole rings is 1. The summed E-state index contributed by atoms with van der Waals surface area (Å²) in [4.78, 5) is 32.0. The van der Waals surface area contributed by atoms with E-state index < -0.39 is 0 Å². The number of aromatic nitrogens is 1. The van der Waals surface area contributed by atoms with Crippen LogP contribution in [-0.4, -0.2) is 29.7 Å². The number of anilines is 1. The van der Waals surface area contributed by atoms with Crippen molar-refractivity contribution in [2.75, 3.05) is 17.8 Å². The molecule has 0 saturated heterocycles. The third-order valence-corrected chi connectivity index (χ3v) is 6.87. The second-order valence-corrected chi connectivity index (χ2v) is 9.08. The van der Waals surface area contributed by atoms with Crippen LogP contribution >= 0.6 is 46.3 Å². The Hall–Kier alpha value is -1.80. The molecule has 9 heteroatoms. The number of esters is 1. The summed E-state index contributed by atoms with van der Waals surface area (Å²) in [7, 11) is 0. The molecule has 0 aliphatic heterocycles. The summed E-state index contributed by atoms with van der Waals surface area (Å²) in [6, 6.07) is 11.3. The van der Waals surface area contributed by atoms with E-state index in [1.54, 1.807) is 29.7 Å². The molecule has 0 atom stereocenters. The van der Waals surface area contributed by atoms with E-state index in [0.29, 0.717) is 22.2 Å². The van der Waals surface area contributed by atoms with E-state index in [2.05, 4.69) is 4.98 Å². The Kier molecular flexibility index (Phi) is 7.99. The van der Waals surface area contributed by atoms with E-state index in [-0.39, 0.29) is 31.3 Å². The molecule has 0 saturated carbocycles. The summed E-state index contributed by atoms with van der Waals surface area (Å²) >= 11 is 15.5. The van der Waals surface area contributed by atoms with Gasteiger partial charge in [0.2, 0.25) is 5.91 Å². The van der Waals surface area contributed by atoms with Gasteiger partial charge in [-0.2, -0.15) is 0 Å². The second-order valence-electron chi connectivity index (χ2n) is 6.30. The number of halogens is 2. The van der Waals surface area contributed by atoms with Gasteiger partial charge in [-0.1, -0.05) is 23.2 Å². The SMILES string of the molecule is CCOC(=O)CCC(=O)N(Cc1nc2c(Cl)c(Cl)ccc2s1)c1ccc(SC)cc1. The molecule has 0 N–H and O–H groups in total. The summed E-state index contributed by atoms with van der Waals surface area (Å²) in [5, 5.41) is 1.57. The second kappa shape index (κ2) is 10.5. The minimum Gasteiger partial charge on any atom is -0.466 e. The van der Waals surface area contributed by atoms with Crippen molar-refractivity contribution in [1.82, 2.24) is 4.98 Å². The third-order valence-electron chi connectivity index (χ3n) is 4.32. The first-order valence-electron chi connectivity index (χ1n) is 9.26. The number of carbonyl (C=O) groups is 2. The number of carbonyl (C=O) groups excluding carboxylic acids is 2. The van der Waals surface area contributed by atoms with Crippen molar-refractivity contribution in [3.8, 4) is 0 Å². The summed E-state index contributed by atoms with van der Waals surface area (Å²) in [6.07, 6.45) is 2.08. The number of benzene rings is 2. The molecule has 0 spiro atoms. The summed E-state index contributed by atoms with van der Waals surface area (Å²) in [5.74, 6) is -0.562. The number of fused-ring (bicyclic) bond motifs is 1. The van der Waals surface area contributed by atoms with Crippen LogP contribution in [0.3, 0.4) is 0 Å². The topological polar surface area (TPSA) is 59.5 Å². The highest BCUT2D eigenvalue weighted by atomic mass is 35.5. The fraction of sp³-hybridized carbons (Fsp3) is 0.286. The number of thioether (sulfide) groups is 1. The van der Waals surface area contributed by atoms with Crippen LogP contribution in [-0.2, 0) is 20.9 Å². The maximum Gasteiger partial charge on any atom is 0.306 e. The molecule has 1 heterocycles. The third kappa shape index (κ3) is 5.46. The highest BCUT2D eigenvalue weighted by Gasteiger charge is 2.20. The molecule has 0 aliphatic rings. The lowest BCUT2D eigenvalue weighted by Gasteiger charge is -2.22. The Labute approximate surface area is 193 Å². The highest BCUT2D eigenvalue weighted by molar-refractivity contribution is 7.98. The molecule has 1 amide bonds. The average Bonchev–Trinajstić information content (AvgIpc) is 3.17. The molecule has 0 unspecified atom stereocenters. The molecule has 1 aromatic heterocycles. The zero-order valence-electron chi connectivity index (χ0n) is 16.5. The van der Waals surface area contributed by atoms with Crippen LogP contribution in [0.25, 0.3) is 10.2 Å². The molecule has 158 valence electrons. The fourth-order valence-corrected chi connectivity index (χ4v) is 4.64. The van der Waals surface area contributed by atoms with Gasteiger partial charge < -0.3 is 9.64 Å². The molecule has 5 nitrogen and oxygen atoms in total. The average molecular weight is 483 g/mol. The lowest BCUT2D eigenvalue weighted by Crippen LogP contribution is -2.30. The Morgan fingerprint density at radius 3 is 2.53 bits per heavy atom. The van der Waals surface area contributed by atoms with Crippen LogP contribution in [0.2, 0.25) is 10.0 Å². The van der Waals surface area contributed by atoms with Crippen LogP contribution in [0, 0.1) is 0 Å². The van der Waals surface area contributed by atoms with E-state index in [0.717, 1.165) is 20.3 Å². The van der Waals surface area contributed by atoms with Gasteiger partial charge in [-0.3, -0.25) is 9.59 Å². The van der Waals surface area contributed by atoms with Crippen LogP contribution < -0.4 is 4.90 Å². The van der Waals surface area contributed by atoms with Gasteiger partial charge in [0.15, 0.2) is 0 Å². The van der Waals surface area contributed by atoms with Crippen molar-refractivity contribution in [3.05, 3.63) is 51.5 Å². The number of nitrogens with zero attached hydrogens (tertiary/aromatic N) is 2. The molecule has 0 radical (unpaired) electrons. The minimum absolute atomic E-state index is 0.0351. The lowest BCUT2D eigenvalue weighted by atomic mass is 10.2. The zero-order chi connectivity index (χ0) is 21.7. The van der Waals surface area contributed by atoms with Gasteiger partial charge in [-0.15, -0.1) is 23.1 Å². The molecule has 0 fully saturated rings. The van der Waals surface area contributed by atoms with Crippen LogP contribution in [0.1, 0.15) is 24.8 Å². The summed E-state index contributed by atoms with van der Waals surface area (Å²) < 4.78 is 5.84. The van der Waals surface area contributed by atoms with Crippen LogP contribution in [0.5, 0.6) is 0 Å². The van der Waals surface area contributed by atoms with Crippen molar-refractivity contribution >= 4 is 74.1 Å². The Morgan fingerprint density at radius 1 is 1.13 bits per heavy atom. The van der Waals surface area contributed by atoms with E-state index in [9.17, 15) is 9.59 Å². The molecular formula is C21H20Cl2N2O3S2. The highest BCUT2D eigenvalue weighted by Crippen LogP contribution is 2.34. The van der Waals surface area contributed by atoms with E-state index in [1.807, 2.05) is 36.6 Å². The zero-order valence-corrected chi connectivity index (χ0v) is 19.6. The maximum absolute atomic E-state index is 13.0. The van der Waals surface area contributed by atoms with Gasteiger partial charge in [0.05, 0.1) is 34.3 Å². The smallest absolute Gasteiger partial charge is 0.306 e. The van der Waals surface area contributed by atoms with Crippen molar-refractivity contribution < 1.29 is 14.3 Å². The number of ether oxygens (including phenoxy) is 1. The largest absolute Gasteiger partial charge is 0.466 e.